The third kappa shape index (κ3) is 6.58. The van der Waals surface area contributed by atoms with Gasteiger partial charge in [-0.15, -0.1) is 0 Å². The minimum Gasteiger partial charge on any atom is -1.00 e. The highest BCUT2D eigenvalue weighted by Gasteiger charge is 2.15. The zero-order chi connectivity index (χ0) is 18.1. The lowest BCUT2D eigenvalue weighted by molar-refractivity contribution is -0.477. The van der Waals surface area contributed by atoms with E-state index in [0.717, 1.165) is 5.69 Å². The predicted octanol–water partition coefficient (Wildman–Crippen LogP) is -0.251. The molecule has 0 radical (unpaired) electrons. The van der Waals surface area contributed by atoms with Crippen LogP contribution in [0.15, 0.2) is 42.6 Å². The van der Waals surface area contributed by atoms with E-state index >= 15 is 0 Å². The van der Waals surface area contributed by atoms with Gasteiger partial charge in [0.2, 0.25) is 0 Å². The summed E-state index contributed by atoms with van der Waals surface area (Å²) in [7, 11) is 0. The fraction of sp³-hybridized carbons (Fsp3) is 0.235. The lowest BCUT2D eigenvalue weighted by atomic mass is 10.3. The van der Waals surface area contributed by atoms with Crippen molar-refractivity contribution in [1.82, 2.24) is 4.98 Å². The summed E-state index contributed by atoms with van der Waals surface area (Å²) < 4.78 is 9.74. The third-order valence-corrected chi connectivity index (χ3v) is 3.06. The van der Waals surface area contributed by atoms with E-state index < -0.39 is 12.2 Å². The zero-order valence-corrected chi connectivity index (χ0v) is 15.2. The van der Waals surface area contributed by atoms with Crippen LogP contribution in [-0.4, -0.2) is 30.4 Å². The van der Waals surface area contributed by atoms with Crippen molar-refractivity contribution in [2.24, 2.45) is 0 Å². The molecule has 0 saturated heterocycles. The summed E-state index contributed by atoms with van der Waals surface area (Å²) in [5.74, 6) is 0.330. The van der Waals surface area contributed by atoms with Crippen LogP contribution in [-0.2, 0) is 9.47 Å². The first-order chi connectivity index (χ1) is 12.1. The molecule has 0 spiro atoms. The Labute approximate surface area is 157 Å². The number of pyridine rings is 1. The highest BCUT2D eigenvalue weighted by molar-refractivity contribution is 5.89. The first-order valence-corrected chi connectivity index (χ1v) is 7.89. The molecule has 0 aliphatic carbocycles. The van der Waals surface area contributed by atoms with Crippen molar-refractivity contribution < 1.29 is 36.8 Å². The van der Waals surface area contributed by atoms with Crippen LogP contribution in [0.1, 0.15) is 13.8 Å². The van der Waals surface area contributed by atoms with E-state index in [1.807, 2.05) is 35.6 Å². The third-order valence-electron chi connectivity index (χ3n) is 3.06. The molecule has 0 fully saturated rings. The minimum absolute atomic E-state index is 0. The largest absolute Gasteiger partial charge is 1.00 e. The van der Waals surface area contributed by atoms with Gasteiger partial charge in [-0.3, -0.25) is 16.0 Å². The van der Waals surface area contributed by atoms with Crippen LogP contribution in [0.3, 0.4) is 0 Å². The number of quaternary nitrogens is 1. The lowest BCUT2D eigenvalue weighted by Crippen LogP contribution is -3.00. The van der Waals surface area contributed by atoms with Gasteiger partial charge >= 0.3 is 12.2 Å². The van der Waals surface area contributed by atoms with Crippen molar-refractivity contribution in [2.75, 3.05) is 23.8 Å². The van der Waals surface area contributed by atoms with Crippen molar-refractivity contribution >= 4 is 35.1 Å². The standard InChI is InChI=1S/C17H20N4O4.ClH/c1-3-24-16(22)20-13-10-14(19-12-8-6-5-7-9-12)15(18-11-13)21-17(23)25-4-2;/h5-11,19H,3-4H2,1-2H3,(H,20,22)(H,18,21,23);1H. The van der Waals surface area contributed by atoms with Gasteiger partial charge in [-0.1, -0.05) is 18.2 Å². The topological polar surface area (TPSA) is 106 Å². The van der Waals surface area contributed by atoms with Crippen LogP contribution in [0.2, 0.25) is 0 Å². The molecule has 1 heterocycles. The van der Waals surface area contributed by atoms with Crippen LogP contribution in [0.5, 0.6) is 0 Å². The number of amides is 2. The Hall–Kier alpha value is -2.84. The van der Waals surface area contributed by atoms with Gasteiger partial charge in [0.25, 0.3) is 0 Å². The first-order valence-electron chi connectivity index (χ1n) is 7.89. The van der Waals surface area contributed by atoms with Gasteiger partial charge in [-0.2, -0.15) is 0 Å². The SMILES string of the molecule is CCOC(=O)Nc1cnc(NC(=O)OCC)c([NH2+]c2ccccc2)c1.[Cl-]. The number of nitrogens with one attached hydrogen (secondary N) is 2. The van der Waals surface area contributed by atoms with E-state index in [4.69, 9.17) is 9.47 Å². The molecule has 0 saturated carbocycles. The average molecular weight is 381 g/mol. The normalized spacial score (nSPS) is 9.62. The lowest BCUT2D eigenvalue weighted by Gasteiger charge is -2.11. The second-order valence-corrected chi connectivity index (χ2v) is 4.91. The maximum Gasteiger partial charge on any atom is 0.412 e. The Kier molecular flexibility index (Phi) is 8.90. The molecule has 0 atom stereocenters. The van der Waals surface area contributed by atoms with E-state index in [2.05, 4.69) is 15.6 Å². The van der Waals surface area contributed by atoms with Crippen LogP contribution in [0.25, 0.3) is 0 Å². The van der Waals surface area contributed by atoms with Crippen molar-refractivity contribution in [2.45, 2.75) is 13.8 Å². The van der Waals surface area contributed by atoms with Gasteiger partial charge in [0.15, 0.2) is 11.5 Å². The summed E-state index contributed by atoms with van der Waals surface area (Å²) in [5.41, 5.74) is 1.99. The molecule has 2 aromatic rings. The highest BCUT2D eigenvalue weighted by Crippen LogP contribution is 2.20. The molecule has 0 aliphatic rings. The number of carbonyl (C=O) groups excluding carboxylic acids is 2. The summed E-state index contributed by atoms with van der Waals surface area (Å²) in [6, 6.07) is 11.2. The molecular weight excluding hydrogens is 360 g/mol. The van der Waals surface area contributed by atoms with E-state index in [0.29, 0.717) is 17.2 Å². The molecule has 0 unspecified atom stereocenters. The fourth-order valence-electron chi connectivity index (χ4n) is 2.04. The molecule has 2 amide bonds. The number of nitrogens with zero attached hydrogens (tertiary/aromatic N) is 1. The number of rotatable bonds is 6. The maximum atomic E-state index is 11.7. The summed E-state index contributed by atoms with van der Waals surface area (Å²) >= 11 is 0. The number of anilines is 2. The molecule has 0 bridgehead atoms. The van der Waals surface area contributed by atoms with E-state index in [1.54, 1.807) is 19.9 Å². The number of ether oxygens (including phenoxy) is 2. The number of benzene rings is 1. The molecule has 2 rings (SSSR count). The zero-order valence-electron chi connectivity index (χ0n) is 14.5. The number of hydrogen-bond donors (Lipinski definition) is 3. The van der Waals surface area contributed by atoms with Gasteiger partial charge < -0.3 is 21.9 Å². The van der Waals surface area contributed by atoms with Gasteiger partial charge in [-0.25, -0.2) is 14.6 Å². The molecule has 26 heavy (non-hydrogen) atoms. The number of hydrogen-bond acceptors (Lipinski definition) is 5. The van der Waals surface area contributed by atoms with Crippen molar-refractivity contribution in [3.05, 3.63) is 42.6 Å². The van der Waals surface area contributed by atoms with Crippen LogP contribution >= 0.6 is 0 Å². The summed E-state index contributed by atoms with van der Waals surface area (Å²) in [5, 5.41) is 7.02. The molecule has 8 nitrogen and oxygen atoms in total. The minimum atomic E-state index is -0.594. The van der Waals surface area contributed by atoms with E-state index in [9.17, 15) is 9.59 Å². The molecule has 1 aromatic carbocycles. The first kappa shape index (κ1) is 21.2. The average Bonchev–Trinajstić information content (AvgIpc) is 2.58. The van der Waals surface area contributed by atoms with Gasteiger partial charge in [-0.05, 0) is 26.0 Å². The number of aromatic nitrogens is 1. The molecule has 9 heteroatoms. The molecule has 1 aromatic heterocycles. The molecular formula is C17H21ClN4O4. The van der Waals surface area contributed by atoms with Crippen LogP contribution < -0.4 is 28.4 Å². The quantitative estimate of drug-likeness (QED) is 0.599. The monoisotopic (exact) mass is 380 g/mol. The van der Waals surface area contributed by atoms with Crippen LogP contribution in [0, 0.1) is 0 Å². The molecule has 0 aliphatic heterocycles. The molecule has 4 N–H and O–H groups in total. The Morgan fingerprint density at radius 1 is 1.04 bits per heavy atom. The fourth-order valence-corrected chi connectivity index (χ4v) is 2.04. The summed E-state index contributed by atoms with van der Waals surface area (Å²) in [4.78, 5) is 27.5. The Bertz CT molecular complexity index is 728. The van der Waals surface area contributed by atoms with Gasteiger partial charge in [0.05, 0.1) is 25.1 Å². The second kappa shape index (κ2) is 10.9. The highest BCUT2D eigenvalue weighted by atomic mass is 35.5. The van der Waals surface area contributed by atoms with Crippen molar-refractivity contribution in [3.63, 3.8) is 0 Å². The van der Waals surface area contributed by atoms with Crippen molar-refractivity contribution in [3.8, 4) is 0 Å². The Morgan fingerprint density at radius 2 is 1.65 bits per heavy atom. The second-order valence-electron chi connectivity index (χ2n) is 4.91. The van der Waals surface area contributed by atoms with Crippen LogP contribution in [0.4, 0.5) is 32.5 Å². The number of carbonyl (C=O) groups is 2. The number of halogens is 1. The summed E-state index contributed by atoms with van der Waals surface area (Å²) in [6.07, 6.45) is 0.269. The maximum absolute atomic E-state index is 11.7. The van der Waals surface area contributed by atoms with Crippen molar-refractivity contribution in [1.29, 1.82) is 0 Å². The van der Waals surface area contributed by atoms with Gasteiger partial charge in [0.1, 0.15) is 5.69 Å². The van der Waals surface area contributed by atoms with Gasteiger partial charge in [0, 0.05) is 6.07 Å². The Balaban J connectivity index is 0.00000338. The summed E-state index contributed by atoms with van der Waals surface area (Å²) in [6.45, 7) is 3.96. The smallest absolute Gasteiger partial charge is 0.412 e. The Morgan fingerprint density at radius 3 is 2.27 bits per heavy atom. The predicted molar refractivity (Wildman–Crippen MR) is 93.2 cm³/mol. The molecule has 140 valence electrons. The van der Waals surface area contributed by atoms with E-state index in [1.165, 1.54) is 6.20 Å². The number of nitrogens with two attached hydrogens (primary N) is 1. The van der Waals surface area contributed by atoms with E-state index in [-0.39, 0.29) is 25.6 Å². The number of para-hydroxylation sites is 1.